The highest BCUT2D eigenvalue weighted by Crippen LogP contribution is 2.36. The van der Waals surface area contributed by atoms with Crippen LogP contribution in [-0.2, 0) is 0 Å². The maximum atomic E-state index is 4.98. The molecule has 3 aromatic heterocycles. The monoisotopic (exact) mass is 458 g/mol. The summed E-state index contributed by atoms with van der Waals surface area (Å²) in [5.41, 5.74) is 6.92. The molecular weight excluding hydrogens is 436 g/mol. The Kier molecular flexibility index (Phi) is 5.16. The summed E-state index contributed by atoms with van der Waals surface area (Å²) in [6.07, 6.45) is 8.20. The third-order valence-corrected chi connectivity index (χ3v) is 7.91. The summed E-state index contributed by atoms with van der Waals surface area (Å²) >= 11 is 3.30. The Hall–Kier alpha value is -3.10. The summed E-state index contributed by atoms with van der Waals surface area (Å²) < 4.78 is 3.10. The fourth-order valence-corrected chi connectivity index (χ4v) is 6.18. The molecule has 0 unspecified atom stereocenters. The molecule has 8 heteroatoms. The molecule has 1 fully saturated rings. The van der Waals surface area contributed by atoms with Crippen molar-refractivity contribution in [1.82, 2.24) is 19.6 Å². The molecule has 1 aliphatic rings. The number of anilines is 1. The lowest BCUT2D eigenvalue weighted by molar-refractivity contribution is 0.439. The largest absolute Gasteiger partial charge is 0.253 e. The third kappa shape index (κ3) is 3.69. The van der Waals surface area contributed by atoms with Gasteiger partial charge in [0.2, 0.25) is 10.1 Å². The Labute approximate surface area is 193 Å². The van der Waals surface area contributed by atoms with Gasteiger partial charge in [-0.2, -0.15) is 10.2 Å². The molecule has 3 heterocycles. The van der Waals surface area contributed by atoms with Gasteiger partial charge in [-0.3, -0.25) is 5.43 Å². The van der Waals surface area contributed by atoms with Crippen LogP contribution < -0.4 is 5.43 Å². The number of hydrazone groups is 1. The molecule has 1 aliphatic carbocycles. The molecule has 0 amide bonds. The number of aromatic nitrogens is 4. The van der Waals surface area contributed by atoms with Crippen molar-refractivity contribution in [1.29, 1.82) is 0 Å². The van der Waals surface area contributed by atoms with Gasteiger partial charge in [-0.05, 0) is 25.0 Å². The van der Waals surface area contributed by atoms with Crippen LogP contribution in [-0.4, -0.2) is 25.8 Å². The van der Waals surface area contributed by atoms with Gasteiger partial charge in [0.05, 0.1) is 16.4 Å². The van der Waals surface area contributed by atoms with Crippen LogP contribution in [0.3, 0.4) is 0 Å². The Bertz CT molecular complexity index is 1360. The van der Waals surface area contributed by atoms with E-state index in [0.29, 0.717) is 5.92 Å². The average Bonchev–Trinajstić information content (AvgIpc) is 3.53. The van der Waals surface area contributed by atoms with E-state index in [4.69, 9.17) is 10.1 Å². The minimum absolute atomic E-state index is 0.557. The van der Waals surface area contributed by atoms with E-state index >= 15 is 0 Å². The second-order valence-corrected chi connectivity index (χ2v) is 10.1. The standard InChI is InChI=1S/C24H22N6S2/c1-3-9-16(10-4-1)21-19(15-25-28-23-26-18-13-7-8-14-20(18)31-23)30-24(27-21)32-22(29-30)17-11-5-2-6-12-17/h1,3-4,7-10,13-15,17H,2,5-6,11-12H2,(H,26,28)/b25-15+. The molecule has 0 atom stereocenters. The Morgan fingerprint density at radius 2 is 1.75 bits per heavy atom. The van der Waals surface area contributed by atoms with Crippen molar-refractivity contribution in [2.75, 3.05) is 5.43 Å². The maximum Gasteiger partial charge on any atom is 0.213 e. The highest BCUT2D eigenvalue weighted by molar-refractivity contribution is 7.22. The molecule has 0 bridgehead atoms. The van der Waals surface area contributed by atoms with E-state index in [-0.39, 0.29) is 0 Å². The van der Waals surface area contributed by atoms with Gasteiger partial charge in [0, 0.05) is 11.5 Å². The van der Waals surface area contributed by atoms with Crippen molar-refractivity contribution in [2.45, 2.75) is 38.0 Å². The normalized spacial score (nSPS) is 15.2. The first-order valence-electron chi connectivity index (χ1n) is 10.9. The van der Waals surface area contributed by atoms with Crippen LogP contribution in [0.1, 0.15) is 48.7 Å². The van der Waals surface area contributed by atoms with Crippen molar-refractivity contribution < 1.29 is 0 Å². The zero-order valence-corrected chi connectivity index (χ0v) is 19.1. The summed E-state index contributed by atoms with van der Waals surface area (Å²) in [7, 11) is 0. The van der Waals surface area contributed by atoms with Gasteiger partial charge in [-0.15, -0.1) is 0 Å². The van der Waals surface area contributed by atoms with Gasteiger partial charge in [-0.25, -0.2) is 14.5 Å². The van der Waals surface area contributed by atoms with E-state index in [1.807, 2.05) is 47.1 Å². The van der Waals surface area contributed by atoms with Gasteiger partial charge >= 0.3 is 0 Å². The minimum atomic E-state index is 0.557. The van der Waals surface area contributed by atoms with E-state index in [1.165, 1.54) is 37.1 Å². The Morgan fingerprint density at radius 3 is 2.59 bits per heavy atom. The number of nitrogens with zero attached hydrogens (tertiary/aromatic N) is 5. The summed E-state index contributed by atoms with van der Waals surface area (Å²) in [6, 6.07) is 18.3. The number of para-hydroxylation sites is 1. The second-order valence-electron chi connectivity index (χ2n) is 8.04. The molecule has 1 N–H and O–H groups in total. The molecule has 2 aromatic carbocycles. The maximum absolute atomic E-state index is 4.98. The number of fused-ring (bicyclic) bond motifs is 2. The molecule has 0 saturated heterocycles. The topological polar surface area (TPSA) is 67.5 Å². The fraction of sp³-hybridized carbons (Fsp3) is 0.250. The van der Waals surface area contributed by atoms with Crippen LogP contribution >= 0.6 is 22.7 Å². The van der Waals surface area contributed by atoms with Crippen LogP contribution in [0.15, 0.2) is 59.7 Å². The Morgan fingerprint density at radius 1 is 0.938 bits per heavy atom. The predicted molar refractivity (Wildman–Crippen MR) is 133 cm³/mol. The third-order valence-electron chi connectivity index (χ3n) is 5.90. The molecule has 1 saturated carbocycles. The average molecular weight is 459 g/mol. The number of benzene rings is 2. The zero-order chi connectivity index (χ0) is 21.3. The molecular formula is C24H22N6S2. The molecule has 6 nitrogen and oxygen atoms in total. The lowest BCUT2D eigenvalue weighted by atomic mass is 9.90. The van der Waals surface area contributed by atoms with Gasteiger partial charge in [0.1, 0.15) is 16.4 Å². The van der Waals surface area contributed by atoms with Crippen molar-refractivity contribution >= 4 is 49.2 Å². The second kappa shape index (κ2) is 8.44. The van der Waals surface area contributed by atoms with Gasteiger partial charge in [0.15, 0.2) is 0 Å². The fourth-order valence-electron chi connectivity index (χ4n) is 4.29. The van der Waals surface area contributed by atoms with E-state index < -0.39 is 0 Å². The van der Waals surface area contributed by atoms with Gasteiger partial charge in [0.25, 0.3) is 0 Å². The van der Waals surface area contributed by atoms with Crippen molar-refractivity contribution in [2.24, 2.45) is 5.10 Å². The first-order valence-corrected chi connectivity index (χ1v) is 12.6. The summed E-state index contributed by atoms with van der Waals surface area (Å²) in [6.45, 7) is 0. The van der Waals surface area contributed by atoms with Crippen LogP contribution in [0.5, 0.6) is 0 Å². The smallest absolute Gasteiger partial charge is 0.213 e. The quantitative estimate of drug-likeness (QED) is 0.239. The molecule has 0 radical (unpaired) electrons. The molecule has 6 rings (SSSR count). The number of rotatable bonds is 5. The lowest BCUT2D eigenvalue weighted by Crippen LogP contribution is -2.05. The Balaban J connectivity index is 1.36. The highest BCUT2D eigenvalue weighted by Gasteiger charge is 2.23. The first-order chi connectivity index (χ1) is 15.8. The van der Waals surface area contributed by atoms with Crippen molar-refractivity contribution in [3.63, 3.8) is 0 Å². The zero-order valence-electron chi connectivity index (χ0n) is 17.4. The summed E-state index contributed by atoms with van der Waals surface area (Å²) in [4.78, 5) is 10.5. The molecule has 0 aliphatic heterocycles. The van der Waals surface area contributed by atoms with Gasteiger partial charge < -0.3 is 0 Å². The van der Waals surface area contributed by atoms with E-state index in [9.17, 15) is 0 Å². The van der Waals surface area contributed by atoms with Crippen molar-refractivity contribution in [3.8, 4) is 11.3 Å². The van der Waals surface area contributed by atoms with Crippen molar-refractivity contribution in [3.05, 3.63) is 65.3 Å². The SMILES string of the molecule is C(=N\Nc1nc2ccccc2s1)/c1c(-c2ccccc2)nc2sc(C3CCCCC3)nn12. The van der Waals surface area contributed by atoms with E-state index in [2.05, 4.69) is 33.7 Å². The van der Waals surface area contributed by atoms with Crippen LogP contribution in [0.25, 0.3) is 26.4 Å². The lowest BCUT2D eigenvalue weighted by Gasteiger charge is -2.18. The molecule has 0 spiro atoms. The number of nitrogens with one attached hydrogen (secondary N) is 1. The number of thiazole rings is 1. The minimum Gasteiger partial charge on any atom is -0.253 e. The van der Waals surface area contributed by atoms with E-state index in [0.717, 1.165) is 37.3 Å². The molecule has 5 aromatic rings. The summed E-state index contributed by atoms with van der Waals surface area (Å²) in [5, 5.41) is 11.5. The van der Waals surface area contributed by atoms with Crippen LogP contribution in [0, 0.1) is 0 Å². The number of hydrogen-bond donors (Lipinski definition) is 1. The van der Waals surface area contributed by atoms with Gasteiger partial charge in [-0.1, -0.05) is 84.4 Å². The highest BCUT2D eigenvalue weighted by atomic mass is 32.1. The molecule has 32 heavy (non-hydrogen) atoms. The number of imidazole rings is 1. The van der Waals surface area contributed by atoms with Crippen LogP contribution in [0.2, 0.25) is 0 Å². The first kappa shape index (κ1) is 19.6. The summed E-state index contributed by atoms with van der Waals surface area (Å²) in [5.74, 6) is 0.557. The predicted octanol–water partition coefficient (Wildman–Crippen LogP) is 6.56. The number of hydrogen-bond acceptors (Lipinski definition) is 7. The molecule has 160 valence electrons. The van der Waals surface area contributed by atoms with Crippen LogP contribution in [0.4, 0.5) is 5.13 Å². The van der Waals surface area contributed by atoms with E-state index in [1.54, 1.807) is 22.7 Å².